The second kappa shape index (κ2) is 7.46. The molecule has 104 valence electrons. The lowest BCUT2D eigenvalue weighted by molar-refractivity contribution is 0.479. The molecule has 0 radical (unpaired) electrons. The highest BCUT2D eigenvalue weighted by Crippen LogP contribution is 2.26. The van der Waals surface area contributed by atoms with Crippen LogP contribution in [0.1, 0.15) is 25.1 Å². The summed E-state index contributed by atoms with van der Waals surface area (Å²) in [6.07, 6.45) is 5.82. The van der Waals surface area contributed by atoms with Crippen molar-refractivity contribution in [3.8, 4) is 11.5 Å². The number of para-hydroxylation sites is 1. The van der Waals surface area contributed by atoms with E-state index in [9.17, 15) is 0 Å². The number of hydrogen-bond donors (Lipinski definition) is 1. The van der Waals surface area contributed by atoms with Gasteiger partial charge in [0.2, 0.25) is 0 Å². The van der Waals surface area contributed by atoms with Crippen LogP contribution >= 0.6 is 0 Å². The van der Waals surface area contributed by atoms with E-state index in [-0.39, 0.29) is 0 Å². The molecule has 0 spiro atoms. The Balaban J connectivity index is 2.17. The van der Waals surface area contributed by atoms with Crippen LogP contribution in [0.4, 0.5) is 0 Å². The predicted molar refractivity (Wildman–Crippen MR) is 82.8 cm³/mol. The lowest BCUT2D eigenvalue weighted by Crippen LogP contribution is -2.12. The van der Waals surface area contributed by atoms with Crippen molar-refractivity contribution in [1.29, 1.82) is 0 Å². The highest BCUT2D eigenvalue weighted by Gasteiger charge is 2.03. The maximum absolute atomic E-state index is 5.96. The van der Waals surface area contributed by atoms with E-state index in [1.807, 2.05) is 55.5 Å². The second-order valence-electron chi connectivity index (χ2n) is 4.40. The highest BCUT2D eigenvalue weighted by atomic mass is 16.5. The van der Waals surface area contributed by atoms with Gasteiger partial charge < -0.3 is 10.1 Å². The molecule has 1 heterocycles. The first kappa shape index (κ1) is 14.3. The molecule has 0 aliphatic heterocycles. The van der Waals surface area contributed by atoms with E-state index in [2.05, 4.69) is 17.2 Å². The number of aromatic nitrogens is 1. The largest absolute Gasteiger partial charge is 0.457 e. The summed E-state index contributed by atoms with van der Waals surface area (Å²) in [5, 5.41) is 3.26. The van der Waals surface area contributed by atoms with Gasteiger partial charge in [-0.05, 0) is 25.6 Å². The van der Waals surface area contributed by atoms with Gasteiger partial charge in [0, 0.05) is 24.4 Å². The molecule has 0 amide bonds. The van der Waals surface area contributed by atoms with Crippen molar-refractivity contribution in [1.82, 2.24) is 10.3 Å². The Bertz CT molecular complexity index is 579. The van der Waals surface area contributed by atoms with Gasteiger partial charge in [-0.3, -0.25) is 4.98 Å². The number of allylic oxidation sites excluding steroid dienone is 1. The molecule has 3 nitrogen and oxygen atoms in total. The van der Waals surface area contributed by atoms with Gasteiger partial charge in [0.15, 0.2) is 0 Å². The standard InChI is InChI=1S/C17H20N2O/c1-3-7-14-8-5-6-9-17(14)20-16-10-11-19-15(12-16)13-18-4-2/h3,5-12,18H,4,13H2,1-2H3. The molecular weight excluding hydrogens is 248 g/mol. The first-order valence-corrected chi connectivity index (χ1v) is 6.88. The number of hydrogen-bond acceptors (Lipinski definition) is 3. The Kier molecular flexibility index (Phi) is 5.33. The molecule has 0 saturated heterocycles. The minimum absolute atomic E-state index is 0.754. The van der Waals surface area contributed by atoms with Gasteiger partial charge in [-0.2, -0.15) is 0 Å². The molecule has 1 aromatic carbocycles. The fraction of sp³-hybridized carbons (Fsp3) is 0.235. The first-order valence-electron chi connectivity index (χ1n) is 6.88. The van der Waals surface area contributed by atoms with E-state index in [1.165, 1.54) is 0 Å². The fourth-order valence-electron chi connectivity index (χ4n) is 1.89. The van der Waals surface area contributed by atoms with E-state index < -0.39 is 0 Å². The molecule has 1 N–H and O–H groups in total. The van der Waals surface area contributed by atoms with Crippen LogP contribution in [0, 0.1) is 0 Å². The molecule has 1 aromatic heterocycles. The summed E-state index contributed by atoms with van der Waals surface area (Å²) in [7, 11) is 0. The van der Waals surface area contributed by atoms with Crippen molar-refractivity contribution in [2.75, 3.05) is 6.54 Å². The minimum Gasteiger partial charge on any atom is -0.457 e. The zero-order chi connectivity index (χ0) is 14.2. The quantitative estimate of drug-likeness (QED) is 0.859. The Morgan fingerprint density at radius 1 is 1.25 bits per heavy atom. The Labute approximate surface area is 120 Å². The molecular formula is C17H20N2O. The highest BCUT2D eigenvalue weighted by molar-refractivity contribution is 5.57. The van der Waals surface area contributed by atoms with Crippen molar-refractivity contribution in [3.63, 3.8) is 0 Å². The van der Waals surface area contributed by atoms with Crippen molar-refractivity contribution < 1.29 is 4.74 Å². The number of nitrogens with one attached hydrogen (secondary N) is 1. The summed E-state index contributed by atoms with van der Waals surface area (Å²) in [4.78, 5) is 4.32. The average molecular weight is 268 g/mol. The van der Waals surface area contributed by atoms with E-state index in [0.29, 0.717) is 0 Å². The van der Waals surface area contributed by atoms with Gasteiger partial charge in [0.05, 0.1) is 5.69 Å². The Morgan fingerprint density at radius 3 is 2.90 bits per heavy atom. The third-order valence-corrected chi connectivity index (χ3v) is 2.84. The monoisotopic (exact) mass is 268 g/mol. The number of ether oxygens (including phenoxy) is 1. The van der Waals surface area contributed by atoms with E-state index in [4.69, 9.17) is 4.74 Å². The lowest BCUT2D eigenvalue weighted by Gasteiger charge is -2.10. The summed E-state index contributed by atoms with van der Waals surface area (Å²) in [5.74, 6) is 1.66. The third kappa shape index (κ3) is 3.93. The van der Waals surface area contributed by atoms with Crippen LogP contribution in [0.3, 0.4) is 0 Å². The van der Waals surface area contributed by atoms with Crippen molar-refractivity contribution in [2.45, 2.75) is 20.4 Å². The van der Waals surface area contributed by atoms with Gasteiger partial charge in [-0.1, -0.05) is 37.3 Å². The molecule has 3 heteroatoms. The molecule has 2 rings (SSSR count). The minimum atomic E-state index is 0.754. The smallest absolute Gasteiger partial charge is 0.134 e. The van der Waals surface area contributed by atoms with Crippen molar-refractivity contribution in [3.05, 3.63) is 59.9 Å². The van der Waals surface area contributed by atoms with Crippen molar-refractivity contribution >= 4 is 6.08 Å². The van der Waals surface area contributed by atoms with Crippen LogP contribution < -0.4 is 10.1 Å². The number of pyridine rings is 1. The second-order valence-corrected chi connectivity index (χ2v) is 4.40. The predicted octanol–water partition coefficient (Wildman–Crippen LogP) is 4.02. The summed E-state index contributed by atoms with van der Waals surface area (Å²) in [5.41, 5.74) is 2.05. The maximum Gasteiger partial charge on any atom is 0.134 e. The van der Waals surface area contributed by atoms with Gasteiger partial charge in [-0.25, -0.2) is 0 Å². The first-order chi connectivity index (χ1) is 9.83. The average Bonchev–Trinajstić information content (AvgIpc) is 2.48. The van der Waals surface area contributed by atoms with E-state index >= 15 is 0 Å². The molecule has 0 bridgehead atoms. The van der Waals surface area contributed by atoms with Crippen LogP contribution in [-0.4, -0.2) is 11.5 Å². The summed E-state index contributed by atoms with van der Waals surface area (Å²) in [6.45, 7) is 5.76. The van der Waals surface area contributed by atoms with Crippen molar-refractivity contribution in [2.24, 2.45) is 0 Å². The van der Waals surface area contributed by atoms with Gasteiger partial charge in [-0.15, -0.1) is 0 Å². The number of benzene rings is 1. The van der Waals surface area contributed by atoms with Crippen LogP contribution in [0.5, 0.6) is 11.5 Å². The van der Waals surface area contributed by atoms with Crippen LogP contribution in [0.2, 0.25) is 0 Å². The zero-order valence-corrected chi connectivity index (χ0v) is 12.0. The van der Waals surface area contributed by atoms with E-state index in [1.54, 1.807) is 6.20 Å². The number of rotatable bonds is 6. The van der Waals surface area contributed by atoms with Crippen LogP contribution in [-0.2, 0) is 6.54 Å². The molecule has 0 unspecified atom stereocenters. The van der Waals surface area contributed by atoms with E-state index in [0.717, 1.165) is 35.8 Å². The number of nitrogens with zero attached hydrogens (tertiary/aromatic N) is 1. The molecule has 0 aliphatic rings. The summed E-state index contributed by atoms with van der Waals surface area (Å²) < 4.78 is 5.96. The summed E-state index contributed by atoms with van der Waals surface area (Å²) in [6, 6.07) is 11.8. The SMILES string of the molecule is CC=Cc1ccccc1Oc1ccnc(CNCC)c1. The van der Waals surface area contributed by atoms with Gasteiger partial charge >= 0.3 is 0 Å². The van der Waals surface area contributed by atoms with Crippen LogP contribution in [0.15, 0.2) is 48.7 Å². The molecule has 0 aliphatic carbocycles. The third-order valence-electron chi connectivity index (χ3n) is 2.84. The molecule has 0 atom stereocenters. The lowest BCUT2D eigenvalue weighted by atomic mass is 10.2. The molecule has 2 aromatic rings. The summed E-state index contributed by atoms with van der Waals surface area (Å²) >= 11 is 0. The molecule has 0 saturated carbocycles. The Morgan fingerprint density at radius 2 is 2.10 bits per heavy atom. The van der Waals surface area contributed by atoms with Gasteiger partial charge in [0.1, 0.15) is 11.5 Å². The Hall–Kier alpha value is -2.13. The zero-order valence-electron chi connectivity index (χ0n) is 12.0. The molecule has 20 heavy (non-hydrogen) atoms. The fourth-order valence-corrected chi connectivity index (χ4v) is 1.89. The van der Waals surface area contributed by atoms with Gasteiger partial charge in [0.25, 0.3) is 0 Å². The molecule has 0 fully saturated rings. The van der Waals surface area contributed by atoms with Crippen LogP contribution in [0.25, 0.3) is 6.08 Å². The topological polar surface area (TPSA) is 34.1 Å². The maximum atomic E-state index is 5.96. The normalized spacial score (nSPS) is 10.9.